The average Bonchev–Trinajstić information content (AvgIpc) is 2.85. The first-order valence-corrected chi connectivity index (χ1v) is 7.79. The van der Waals surface area contributed by atoms with Crippen LogP contribution in [0.4, 0.5) is 0 Å². The number of Topliss-reactive ketones (excluding diaryl/α,β-unsaturated/α-hetero) is 1. The molecule has 1 aromatic carbocycles. The van der Waals surface area contributed by atoms with Gasteiger partial charge in [0.25, 0.3) is 0 Å². The van der Waals surface area contributed by atoms with Crippen molar-refractivity contribution in [2.24, 2.45) is 0 Å². The van der Waals surface area contributed by atoms with Crippen molar-refractivity contribution in [1.82, 2.24) is 10.0 Å². The van der Waals surface area contributed by atoms with Crippen LogP contribution in [-0.2, 0) is 14.8 Å². The summed E-state index contributed by atoms with van der Waals surface area (Å²) in [5.74, 6) is -0.167. The number of benzene rings is 1. The van der Waals surface area contributed by atoms with Gasteiger partial charge in [0.2, 0.25) is 10.0 Å². The van der Waals surface area contributed by atoms with Crippen LogP contribution in [0.5, 0.6) is 0 Å². The Kier molecular flexibility index (Phi) is 4.54. The second kappa shape index (κ2) is 6.01. The van der Waals surface area contributed by atoms with E-state index in [4.69, 9.17) is 4.74 Å². The average molecular weight is 298 g/mol. The zero-order valence-corrected chi connectivity index (χ0v) is 12.2. The van der Waals surface area contributed by atoms with E-state index >= 15 is 0 Å². The first-order valence-electron chi connectivity index (χ1n) is 6.31. The van der Waals surface area contributed by atoms with Crippen molar-refractivity contribution in [1.29, 1.82) is 0 Å². The van der Waals surface area contributed by atoms with E-state index in [0.717, 1.165) is 0 Å². The summed E-state index contributed by atoms with van der Waals surface area (Å²) in [6.45, 7) is 2.53. The van der Waals surface area contributed by atoms with E-state index in [2.05, 4.69) is 10.0 Å². The highest BCUT2D eigenvalue weighted by atomic mass is 32.2. The van der Waals surface area contributed by atoms with Gasteiger partial charge in [-0.2, -0.15) is 0 Å². The zero-order chi connectivity index (χ0) is 14.8. The van der Waals surface area contributed by atoms with E-state index in [1.165, 1.54) is 19.1 Å². The van der Waals surface area contributed by atoms with Gasteiger partial charge in [-0.3, -0.25) is 4.79 Å². The van der Waals surface area contributed by atoms with Crippen LogP contribution in [0.3, 0.4) is 0 Å². The molecule has 7 heteroatoms. The van der Waals surface area contributed by atoms with Gasteiger partial charge in [0.15, 0.2) is 5.78 Å². The number of carbonyl (C=O) groups excluding carboxylic acids is 1. The van der Waals surface area contributed by atoms with Gasteiger partial charge >= 0.3 is 0 Å². The number of carbonyl (C=O) groups is 1. The third-order valence-electron chi connectivity index (χ3n) is 3.32. The van der Waals surface area contributed by atoms with Crippen molar-refractivity contribution in [2.75, 3.05) is 20.2 Å². The summed E-state index contributed by atoms with van der Waals surface area (Å²) in [4.78, 5) is 11.4. The minimum absolute atomic E-state index is 0.0898. The molecular formula is C13H18N2O4S. The Morgan fingerprint density at radius 2 is 2.15 bits per heavy atom. The van der Waals surface area contributed by atoms with Crippen LogP contribution in [0.15, 0.2) is 29.2 Å². The Morgan fingerprint density at radius 1 is 1.40 bits per heavy atom. The maximum Gasteiger partial charge on any atom is 0.240 e. The normalized spacial score (nSPS) is 22.9. The highest BCUT2D eigenvalue weighted by Crippen LogP contribution is 2.14. The predicted molar refractivity (Wildman–Crippen MR) is 74.2 cm³/mol. The summed E-state index contributed by atoms with van der Waals surface area (Å²) in [6.07, 6.45) is -0.194. The van der Waals surface area contributed by atoms with Gasteiger partial charge in [-0.1, -0.05) is 12.1 Å². The molecule has 0 radical (unpaired) electrons. The van der Waals surface area contributed by atoms with Crippen molar-refractivity contribution in [2.45, 2.75) is 24.0 Å². The van der Waals surface area contributed by atoms with Crippen molar-refractivity contribution < 1.29 is 17.9 Å². The SMILES string of the molecule is CO[C@H]1CNCC1NS(=O)(=O)c1cccc(C(C)=O)c1. The number of ether oxygens (including phenoxy) is 1. The largest absolute Gasteiger partial charge is 0.378 e. The van der Waals surface area contributed by atoms with Gasteiger partial charge in [0.1, 0.15) is 0 Å². The molecular weight excluding hydrogens is 280 g/mol. The lowest BCUT2D eigenvalue weighted by Crippen LogP contribution is -2.43. The van der Waals surface area contributed by atoms with Gasteiger partial charge in [-0.25, -0.2) is 13.1 Å². The molecule has 110 valence electrons. The van der Waals surface area contributed by atoms with Crippen LogP contribution in [0.1, 0.15) is 17.3 Å². The molecule has 1 heterocycles. The van der Waals surface area contributed by atoms with Gasteiger partial charge < -0.3 is 10.1 Å². The van der Waals surface area contributed by atoms with Crippen LogP contribution in [-0.4, -0.2) is 46.5 Å². The molecule has 2 atom stereocenters. The molecule has 0 bridgehead atoms. The molecule has 1 fully saturated rings. The summed E-state index contributed by atoms with van der Waals surface area (Å²) in [5.41, 5.74) is 0.376. The first-order chi connectivity index (χ1) is 9.44. The number of sulfonamides is 1. The molecule has 1 aromatic rings. The Morgan fingerprint density at radius 3 is 2.80 bits per heavy atom. The predicted octanol–water partition coefficient (Wildman–Crippen LogP) is 0.154. The molecule has 0 amide bonds. The number of hydrogen-bond acceptors (Lipinski definition) is 5. The van der Waals surface area contributed by atoms with E-state index in [-0.39, 0.29) is 22.8 Å². The number of nitrogens with one attached hydrogen (secondary N) is 2. The number of methoxy groups -OCH3 is 1. The fraction of sp³-hybridized carbons (Fsp3) is 0.462. The van der Waals surface area contributed by atoms with Crippen LogP contribution in [0, 0.1) is 0 Å². The maximum atomic E-state index is 12.3. The molecule has 6 nitrogen and oxygen atoms in total. The van der Waals surface area contributed by atoms with E-state index in [1.807, 2.05) is 0 Å². The van der Waals surface area contributed by atoms with Gasteiger partial charge in [-0.15, -0.1) is 0 Å². The molecule has 1 saturated heterocycles. The van der Waals surface area contributed by atoms with Crippen molar-refractivity contribution in [3.63, 3.8) is 0 Å². The fourth-order valence-corrected chi connectivity index (χ4v) is 3.48. The van der Waals surface area contributed by atoms with Crippen LogP contribution in [0.25, 0.3) is 0 Å². The molecule has 0 aromatic heterocycles. The molecule has 20 heavy (non-hydrogen) atoms. The molecule has 0 saturated carbocycles. The topological polar surface area (TPSA) is 84.5 Å². The summed E-state index contributed by atoms with van der Waals surface area (Å²) in [5, 5.41) is 3.07. The molecule has 1 aliphatic heterocycles. The monoisotopic (exact) mass is 298 g/mol. The Bertz CT molecular complexity index is 600. The highest BCUT2D eigenvalue weighted by Gasteiger charge is 2.31. The van der Waals surface area contributed by atoms with Gasteiger partial charge in [0, 0.05) is 25.8 Å². The molecule has 2 N–H and O–H groups in total. The molecule has 0 spiro atoms. The summed E-state index contributed by atoms with van der Waals surface area (Å²) < 4.78 is 32.5. The van der Waals surface area contributed by atoms with Gasteiger partial charge in [-0.05, 0) is 19.1 Å². The van der Waals surface area contributed by atoms with Crippen molar-refractivity contribution >= 4 is 15.8 Å². The minimum atomic E-state index is -3.66. The van der Waals surface area contributed by atoms with E-state index in [1.54, 1.807) is 19.2 Å². The Hall–Kier alpha value is -1.28. The third kappa shape index (κ3) is 3.24. The number of ketones is 1. The highest BCUT2D eigenvalue weighted by molar-refractivity contribution is 7.89. The molecule has 0 aliphatic carbocycles. The Labute approximate surface area is 118 Å². The number of hydrogen-bond donors (Lipinski definition) is 2. The lowest BCUT2D eigenvalue weighted by Gasteiger charge is -2.18. The van der Waals surface area contributed by atoms with Crippen LogP contribution < -0.4 is 10.0 Å². The van der Waals surface area contributed by atoms with E-state index < -0.39 is 10.0 Å². The van der Waals surface area contributed by atoms with Crippen LogP contribution in [0.2, 0.25) is 0 Å². The first kappa shape index (κ1) is 15.1. The lowest BCUT2D eigenvalue weighted by molar-refractivity contribution is 0.101. The second-order valence-corrected chi connectivity index (χ2v) is 6.46. The van der Waals surface area contributed by atoms with E-state index in [0.29, 0.717) is 18.7 Å². The smallest absolute Gasteiger partial charge is 0.240 e. The van der Waals surface area contributed by atoms with Gasteiger partial charge in [0.05, 0.1) is 17.0 Å². The van der Waals surface area contributed by atoms with Crippen molar-refractivity contribution in [3.8, 4) is 0 Å². The van der Waals surface area contributed by atoms with Crippen LogP contribution >= 0.6 is 0 Å². The summed E-state index contributed by atoms with van der Waals surface area (Å²) >= 11 is 0. The lowest BCUT2D eigenvalue weighted by atomic mass is 10.2. The zero-order valence-electron chi connectivity index (χ0n) is 11.4. The quantitative estimate of drug-likeness (QED) is 0.756. The molecule has 2 rings (SSSR count). The second-order valence-electron chi connectivity index (χ2n) is 4.74. The third-order valence-corrected chi connectivity index (χ3v) is 4.81. The fourth-order valence-electron chi connectivity index (χ4n) is 2.17. The van der Waals surface area contributed by atoms with Crippen molar-refractivity contribution in [3.05, 3.63) is 29.8 Å². The Balaban J connectivity index is 2.22. The summed E-state index contributed by atoms with van der Waals surface area (Å²) in [6, 6.07) is 5.70. The molecule has 1 aliphatic rings. The molecule has 1 unspecified atom stereocenters. The maximum absolute atomic E-state index is 12.3. The van der Waals surface area contributed by atoms with E-state index in [9.17, 15) is 13.2 Å². The number of rotatable bonds is 5. The standard InChI is InChI=1S/C13H18N2O4S/c1-9(16)10-4-3-5-11(6-10)20(17,18)15-12-7-14-8-13(12)19-2/h3-6,12-15H,7-8H2,1-2H3/t12?,13-/m0/s1. The summed E-state index contributed by atoms with van der Waals surface area (Å²) in [7, 11) is -2.11. The minimum Gasteiger partial charge on any atom is -0.378 e.